The lowest BCUT2D eigenvalue weighted by molar-refractivity contribution is 0.141. The number of aliphatic hydroxyl groups is 1. The fourth-order valence-corrected chi connectivity index (χ4v) is 3.00. The lowest BCUT2D eigenvalue weighted by Gasteiger charge is -2.35. The number of nitrogens with zero attached hydrogens (tertiary/aromatic N) is 1. The molecule has 0 radical (unpaired) electrons. The van der Waals surface area contributed by atoms with Crippen LogP contribution < -0.4 is 10.1 Å². The Labute approximate surface area is 142 Å². The van der Waals surface area contributed by atoms with E-state index in [1.165, 1.54) is 6.07 Å². The molecule has 0 saturated carbocycles. The molecule has 0 amide bonds. The number of piperazine rings is 1. The van der Waals surface area contributed by atoms with Crippen molar-refractivity contribution in [3.8, 4) is 5.75 Å². The van der Waals surface area contributed by atoms with Crippen molar-refractivity contribution in [1.29, 1.82) is 0 Å². The van der Waals surface area contributed by atoms with E-state index in [1.54, 1.807) is 13.0 Å². The average molecular weight is 353 g/mol. The van der Waals surface area contributed by atoms with Crippen molar-refractivity contribution in [2.75, 3.05) is 39.4 Å². The van der Waals surface area contributed by atoms with E-state index in [0.29, 0.717) is 13.0 Å². The highest BCUT2D eigenvalue weighted by Crippen LogP contribution is 2.34. The van der Waals surface area contributed by atoms with Gasteiger partial charge in [-0.3, -0.25) is 4.90 Å². The van der Waals surface area contributed by atoms with E-state index < -0.39 is 5.82 Å². The lowest BCUT2D eigenvalue weighted by atomic mass is 10.0. The first-order chi connectivity index (χ1) is 10.2. The highest BCUT2D eigenvalue weighted by Gasteiger charge is 2.24. The van der Waals surface area contributed by atoms with Gasteiger partial charge in [0.05, 0.1) is 11.6 Å². The van der Waals surface area contributed by atoms with Crippen molar-refractivity contribution in [2.45, 2.75) is 19.4 Å². The van der Waals surface area contributed by atoms with Crippen molar-refractivity contribution < 1.29 is 14.2 Å². The molecule has 0 unspecified atom stereocenters. The summed E-state index contributed by atoms with van der Waals surface area (Å²) < 4.78 is 19.4. The molecule has 0 bridgehead atoms. The third-order valence-corrected chi connectivity index (χ3v) is 3.97. The van der Waals surface area contributed by atoms with E-state index in [0.717, 1.165) is 31.7 Å². The van der Waals surface area contributed by atoms with Gasteiger partial charge in [-0.05, 0) is 31.0 Å². The number of halogens is 3. The molecule has 126 valence electrons. The summed E-state index contributed by atoms with van der Waals surface area (Å²) in [6.45, 7) is 5.76. The number of benzene rings is 1. The topological polar surface area (TPSA) is 44.7 Å². The average Bonchev–Trinajstić information content (AvgIpc) is 2.49. The molecule has 1 aliphatic heterocycles. The van der Waals surface area contributed by atoms with Crippen LogP contribution in [0.4, 0.5) is 4.39 Å². The summed E-state index contributed by atoms with van der Waals surface area (Å²) in [5.74, 6) is -0.344. The molecule has 0 aliphatic carbocycles. The standard InChI is InChI=1S/C15H22ClFN2O2.ClH/c1-2-21-15-12(16)9-11(10-13(15)17)14(3-8-20)19-6-4-18-5-7-19;/h9-10,14,18,20H,2-8H2,1H3;1H/t14-;/m0./s1. The molecule has 1 aromatic carbocycles. The molecule has 1 aromatic rings. The largest absolute Gasteiger partial charge is 0.489 e. The Morgan fingerprint density at radius 1 is 1.41 bits per heavy atom. The highest BCUT2D eigenvalue weighted by molar-refractivity contribution is 6.32. The fourth-order valence-electron chi connectivity index (χ4n) is 2.73. The van der Waals surface area contributed by atoms with E-state index >= 15 is 0 Å². The van der Waals surface area contributed by atoms with Gasteiger partial charge in [0, 0.05) is 38.8 Å². The number of ether oxygens (including phenoxy) is 1. The van der Waals surface area contributed by atoms with Crippen molar-refractivity contribution in [3.05, 3.63) is 28.5 Å². The summed E-state index contributed by atoms with van der Waals surface area (Å²) in [4.78, 5) is 2.25. The minimum Gasteiger partial charge on any atom is -0.489 e. The second-order valence-corrected chi connectivity index (χ2v) is 5.47. The van der Waals surface area contributed by atoms with Crippen LogP contribution in [0.15, 0.2) is 12.1 Å². The van der Waals surface area contributed by atoms with Crippen LogP contribution in [0.1, 0.15) is 24.9 Å². The lowest BCUT2D eigenvalue weighted by Crippen LogP contribution is -2.45. The van der Waals surface area contributed by atoms with Crippen molar-refractivity contribution in [1.82, 2.24) is 10.2 Å². The first kappa shape index (κ1) is 19.5. The molecule has 1 fully saturated rings. The van der Waals surface area contributed by atoms with Gasteiger partial charge in [-0.15, -0.1) is 12.4 Å². The second-order valence-electron chi connectivity index (χ2n) is 5.06. The molecule has 1 atom stereocenters. The third kappa shape index (κ3) is 4.70. The van der Waals surface area contributed by atoms with Gasteiger partial charge in [0.15, 0.2) is 11.6 Å². The molecule has 2 N–H and O–H groups in total. The SMILES string of the molecule is CCOc1c(F)cc([C@H](CCO)N2CCNCC2)cc1Cl.Cl. The van der Waals surface area contributed by atoms with Gasteiger partial charge in [-0.25, -0.2) is 4.39 Å². The molecular weight excluding hydrogens is 330 g/mol. The maximum atomic E-state index is 14.2. The summed E-state index contributed by atoms with van der Waals surface area (Å²) in [7, 11) is 0. The first-order valence-corrected chi connectivity index (χ1v) is 7.72. The van der Waals surface area contributed by atoms with Crippen molar-refractivity contribution in [3.63, 3.8) is 0 Å². The first-order valence-electron chi connectivity index (χ1n) is 7.34. The van der Waals surface area contributed by atoms with Crippen LogP contribution in [0.3, 0.4) is 0 Å². The summed E-state index contributed by atoms with van der Waals surface area (Å²) >= 11 is 6.14. The third-order valence-electron chi connectivity index (χ3n) is 3.69. The molecule has 1 aliphatic rings. The van der Waals surface area contributed by atoms with Crippen molar-refractivity contribution in [2.24, 2.45) is 0 Å². The van der Waals surface area contributed by atoms with Crippen LogP contribution in [-0.4, -0.2) is 49.4 Å². The van der Waals surface area contributed by atoms with Gasteiger partial charge in [0.1, 0.15) is 0 Å². The minimum absolute atomic E-state index is 0. The normalized spacial score (nSPS) is 16.9. The Kier molecular flexibility index (Phi) is 8.43. The molecular formula is C15H23Cl2FN2O2. The summed E-state index contributed by atoms with van der Waals surface area (Å²) in [6.07, 6.45) is 0.559. The molecule has 1 heterocycles. The van der Waals surface area contributed by atoms with Crippen LogP contribution in [-0.2, 0) is 0 Å². The van der Waals surface area contributed by atoms with Crippen molar-refractivity contribution >= 4 is 24.0 Å². The van der Waals surface area contributed by atoms with Crippen LogP contribution >= 0.6 is 24.0 Å². The number of nitrogens with one attached hydrogen (secondary N) is 1. The van der Waals surface area contributed by atoms with E-state index in [2.05, 4.69) is 10.2 Å². The minimum atomic E-state index is -0.447. The van der Waals surface area contributed by atoms with E-state index in [-0.39, 0.29) is 35.8 Å². The maximum Gasteiger partial charge on any atom is 0.173 e. The molecule has 0 spiro atoms. The molecule has 22 heavy (non-hydrogen) atoms. The number of rotatable bonds is 6. The summed E-state index contributed by atoms with van der Waals surface area (Å²) in [5.41, 5.74) is 0.789. The van der Waals surface area contributed by atoms with Gasteiger partial charge >= 0.3 is 0 Å². The zero-order chi connectivity index (χ0) is 15.2. The zero-order valence-corrected chi connectivity index (χ0v) is 14.2. The summed E-state index contributed by atoms with van der Waals surface area (Å²) in [6, 6.07) is 3.19. The molecule has 7 heteroatoms. The van der Waals surface area contributed by atoms with Crippen LogP contribution in [0.5, 0.6) is 5.75 Å². The van der Waals surface area contributed by atoms with Gasteiger partial charge in [-0.2, -0.15) is 0 Å². The number of aliphatic hydroxyl groups excluding tert-OH is 1. The number of hydrogen-bond acceptors (Lipinski definition) is 4. The van der Waals surface area contributed by atoms with E-state index in [9.17, 15) is 9.50 Å². The Morgan fingerprint density at radius 2 is 2.09 bits per heavy atom. The van der Waals surface area contributed by atoms with Crippen LogP contribution in [0.25, 0.3) is 0 Å². The van der Waals surface area contributed by atoms with E-state index in [4.69, 9.17) is 16.3 Å². The van der Waals surface area contributed by atoms with Gasteiger partial charge < -0.3 is 15.2 Å². The monoisotopic (exact) mass is 352 g/mol. The molecule has 0 aromatic heterocycles. The highest BCUT2D eigenvalue weighted by atomic mass is 35.5. The van der Waals surface area contributed by atoms with Crippen LogP contribution in [0.2, 0.25) is 5.02 Å². The second kappa shape index (κ2) is 9.53. The predicted octanol–water partition coefficient (Wildman–Crippen LogP) is 2.63. The predicted molar refractivity (Wildman–Crippen MR) is 88.7 cm³/mol. The van der Waals surface area contributed by atoms with Gasteiger partial charge in [0.2, 0.25) is 0 Å². The Morgan fingerprint density at radius 3 is 2.64 bits per heavy atom. The van der Waals surface area contributed by atoms with E-state index in [1.807, 2.05) is 0 Å². The zero-order valence-electron chi connectivity index (χ0n) is 12.6. The molecule has 2 rings (SSSR count). The quantitative estimate of drug-likeness (QED) is 0.825. The molecule has 4 nitrogen and oxygen atoms in total. The Bertz CT molecular complexity index is 448. The number of hydrogen-bond donors (Lipinski definition) is 2. The Balaban J connectivity index is 0.00000242. The fraction of sp³-hybridized carbons (Fsp3) is 0.600. The van der Waals surface area contributed by atoms with Gasteiger partial charge in [-0.1, -0.05) is 11.6 Å². The van der Waals surface area contributed by atoms with Crippen LogP contribution in [0, 0.1) is 5.82 Å². The molecule has 1 saturated heterocycles. The van der Waals surface area contributed by atoms with Gasteiger partial charge in [0.25, 0.3) is 0 Å². The maximum absolute atomic E-state index is 14.2. The Hall–Kier alpha value is -0.590. The summed E-state index contributed by atoms with van der Waals surface area (Å²) in [5, 5.41) is 12.9. The smallest absolute Gasteiger partial charge is 0.173 e.